The quantitative estimate of drug-likeness (QED) is 0.818. The van der Waals surface area contributed by atoms with Crippen molar-refractivity contribution >= 4 is 17.3 Å². The largest absolute Gasteiger partial charge is 0.366 e. The van der Waals surface area contributed by atoms with Crippen LogP contribution in [0.1, 0.15) is 17.5 Å². The third kappa shape index (κ3) is 2.64. The standard InChI is InChI=1S/C14H19ClN2/c1-10-7-11(2)14(13(15)8-10)17-5-3-12(9-16)4-6-17/h3,7-8H,4-6,9,16H2,1-2H3. The van der Waals surface area contributed by atoms with E-state index in [1.165, 1.54) is 22.4 Å². The Morgan fingerprint density at radius 3 is 2.65 bits per heavy atom. The summed E-state index contributed by atoms with van der Waals surface area (Å²) in [6.07, 6.45) is 3.26. The van der Waals surface area contributed by atoms with E-state index < -0.39 is 0 Å². The highest BCUT2D eigenvalue weighted by atomic mass is 35.5. The Hall–Kier alpha value is -0.990. The lowest BCUT2D eigenvalue weighted by molar-refractivity contribution is 0.770. The molecule has 3 heteroatoms. The summed E-state index contributed by atoms with van der Waals surface area (Å²) in [7, 11) is 0. The first-order valence-corrected chi connectivity index (χ1v) is 6.39. The Morgan fingerprint density at radius 1 is 1.35 bits per heavy atom. The van der Waals surface area contributed by atoms with E-state index in [4.69, 9.17) is 17.3 Å². The van der Waals surface area contributed by atoms with Gasteiger partial charge in [-0.05, 0) is 37.5 Å². The molecule has 1 aliphatic heterocycles. The Kier molecular flexibility index (Phi) is 3.75. The summed E-state index contributed by atoms with van der Waals surface area (Å²) in [6.45, 7) is 6.79. The highest BCUT2D eigenvalue weighted by Gasteiger charge is 2.16. The van der Waals surface area contributed by atoms with Crippen molar-refractivity contribution in [3.05, 3.63) is 39.9 Å². The zero-order valence-electron chi connectivity index (χ0n) is 10.5. The van der Waals surface area contributed by atoms with Crippen molar-refractivity contribution in [2.45, 2.75) is 20.3 Å². The minimum absolute atomic E-state index is 0.675. The van der Waals surface area contributed by atoms with Gasteiger partial charge in [-0.25, -0.2) is 0 Å². The number of rotatable bonds is 2. The first kappa shape index (κ1) is 12.5. The minimum atomic E-state index is 0.675. The summed E-state index contributed by atoms with van der Waals surface area (Å²) in [4.78, 5) is 2.33. The maximum atomic E-state index is 6.35. The van der Waals surface area contributed by atoms with Crippen molar-refractivity contribution in [1.82, 2.24) is 0 Å². The van der Waals surface area contributed by atoms with E-state index >= 15 is 0 Å². The molecule has 1 heterocycles. The molecule has 1 aromatic rings. The molecular formula is C14H19ClN2. The van der Waals surface area contributed by atoms with E-state index in [1.54, 1.807) is 0 Å². The Morgan fingerprint density at radius 2 is 2.12 bits per heavy atom. The van der Waals surface area contributed by atoms with Crippen LogP contribution in [0.15, 0.2) is 23.8 Å². The van der Waals surface area contributed by atoms with Gasteiger partial charge in [0.2, 0.25) is 0 Å². The van der Waals surface area contributed by atoms with Gasteiger partial charge in [-0.3, -0.25) is 0 Å². The number of anilines is 1. The average molecular weight is 251 g/mol. The van der Waals surface area contributed by atoms with Crippen LogP contribution in [0.4, 0.5) is 5.69 Å². The van der Waals surface area contributed by atoms with Crippen LogP contribution in [-0.2, 0) is 0 Å². The zero-order valence-corrected chi connectivity index (χ0v) is 11.2. The molecule has 1 aliphatic rings. The lowest BCUT2D eigenvalue weighted by atomic mass is 10.0. The molecule has 0 amide bonds. The maximum absolute atomic E-state index is 6.35. The van der Waals surface area contributed by atoms with Gasteiger partial charge in [0, 0.05) is 19.6 Å². The Balaban J connectivity index is 2.27. The van der Waals surface area contributed by atoms with Gasteiger partial charge in [0.25, 0.3) is 0 Å². The second kappa shape index (κ2) is 5.11. The van der Waals surface area contributed by atoms with E-state index in [0.29, 0.717) is 6.54 Å². The molecule has 2 rings (SSSR count). The van der Waals surface area contributed by atoms with Crippen molar-refractivity contribution in [2.24, 2.45) is 5.73 Å². The molecule has 0 aliphatic carbocycles. The molecule has 2 nitrogen and oxygen atoms in total. The maximum Gasteiger partial charge on any atom is 0.0645 e. The summed E-state index contributed by atoms with van der Waals surface area (Å²) in [5.41, 5.74) is 10.6. The normalized spacial score (nSPS) is 16.0. The molecule has 0 saturated carbocycles. The average Bonchev–Trinajstić information content (AvgIpc) is 2.28. The smallest absolute Gasteiger partial charge is 0.0645 e. The van der Waals surface area contributed by atoms with E-state index in [-0.39, 0.29) is 0 Å². The Bertz CT molecular complexity index is 429. The molecule has 0 atom stereocenters. The van der Waals surface area contributed by atoms with Gasteiger partial charge in [0.1, 0.15) is 0 Å². The minimum Gasteiger partial charge on any atom is -0.366 e. The number of aryl methyl sites for hydroxylation is 2. The molecule has 0 spiro atoms. The van der Waals surface area contributed by atoms with Crippen molar-refractivity contribution in [2.75, 3.05) is 24.5 Å². The second-order valence-electron chi connectivity index (χ2n) is 4.67. The van der Waals surface area contributed by atoms with E-state index in [0.717, 1.165) is 24.5 Å². The molecule has 2 N–H and O–H groups in total. The van der Waals surface area contributed by atoms with Crippen LogP contribution in [0.3, 0.4) is 0 Å². The summed E-state index contributed by atoms with van der Waals surface area (Å²) < 4.78 is 0. The molecule has 0 fully saturated rings. The number of nitrogens with two attached hydrogens (primary N) is 1. The van der Waals surface area contributed by atoms with Gasteiger partial charge >= 0.3 is 0 Å². The van der Waals surface area contributed by atoms with Crippen LogP contribution in [0, 0.1) is 13.8 Å². The van der Waals surface area contributed by atoms with Crippen LogP contribution in [0.2, 0.25) is 5.02 Å². The van der Waals surface area contributed by atoms with E-state index in [9.17, 15) is 0 Å². The van der Waals surface area contributed by atoms with Gasteiger partial charge in [-0.2, -0.15) is 0 Å². The first-order valence-electron chi connectivity index (χ1n) is 6.01. The number of hydrogen-bond acceptors (Lipinski definition) is 2. The third-order valence-electron chi connectivity index (χ3n) is 3.28. The van der Waals surface area contributed by atoms with Gasteiger partial charge in [0.15, 0.2) is 0 Å². The number of benzene rings is 1. The van der Waals surface area contributed by atoms with E-state index in [1.807, 2.05) is 6.07 Å². The molecule has 0 radical (unpaired) electrons. The SMILES string of the molecule is Cc1cc(C)c(N2CC=C(CN)CC2)c(Cl)c1. The van der Waals surface area contributed by atoms with Gasteiger partial charge in [-0.15, -0.1) is 0 Å². The van der Waals surface area contributed by atoms with Crippen LogP contribution < -0.4 is 10.6 Å². The van der Waals surface area contributed by atoms with Gasteiger partial charge in [-0.1, -0.05) is 29.3 Å². The van der Waals surface area contributed by atoms with Crippen molar-refractivity contribution < 1.29 is 0 Å². The lowest BCUT2D eigenvalue weighted by Gasteiger charge is -2.30. The molecular weight excluding hydrogens is 232 g/mol. The molecule has 0 aromatic heterocycles. The van der Waals surface area contributed by atoms with Crippen LogP contribution >= 0.6 is 11.6 Å². The predicted octanol–water partition coefficient (Wildman–Crippen LogP) is 3.05. The summed E-state index contributed by atoms with van der Waals surface area (Å²) in [6, 6.07) is 4.22. The van der Waals surface area contributed by atoms with Gasteiger partial charge in [0.05, 0.1) is 10.7 Å². The molecule has 1 aromatic carbocycles. The fourth-order valence-electron chi connectivity index (χ4n) is 2.41. The molecule has 17 heavy (non-hydrogen) atoms. The monoisotopic (exact) mass is 250 g/mol. The summed E-state index contributed by atoms with van der Waals surface area (Å²) in [5, 5.41) is 0.854. The second-order valence-corrected chi connectivity index (χ2v) is 5.08. The van der Waals surface area contributed by atoms with Crippen LogP contribution in [-0.4, -0.2) is 19.6 Å². The molecule has 0 saturated heterocycles. The predicted molar refractivity (Wildman–Crippen MR) is 74.9 cm³/mol. The lowest BCUT2D eigenvalue weighted by Crippen LogP contribution is -2.30. The number of nitrogens with zero attached hydrogens (tertiary/aromatic N) is 1. The van der Waals surface area contributed by atoms with Crippen LogP contribution in [0.25, 0.3) is 0 Å². The van der Waals surface area contributed by atoms with Gasteiger partial charge < -0.3 is 10.6 Å². The first-order chi connectivity index (χ1) is 8.11. The number of halogens is 1. The highest BCUT2D eigenvalue weighted by molar-refractivity contribution is 6.33. The zero-order chi connectivity index (χ0) is 12.4. The fraction of sp³-hybridized carbons (Fsp3) is 0.429. The Labute approximate surface area is 108 Å². The number of hydrogen-bond donors (Lipinski definition) is 1. The highest BCUT2D eigenvalue weighted by Crippen LogP contribution is 2.32. The summed E-state index contributed by atoms with van der Waals surface area (Å²) in [5.74, 6) is 0. The molecule has 0 unspecified atom stereocenters. The van der Waals surface area contributed by atoms with Crippen LogP contribution in [0.5, 0.6) is 0 Å². The molecule has 0 bridgehead atoms. The third-order valence-corrected chi connectivity index (χ3v) is 3.57. The fourth-order valence-corrected chi connectivity index (χ4v) is 2.85. The van der Waals surface area contributed by atoms with Crippen molar-refractivity contribution in [1.29, 1.82) is 0 Å². The van der Waals surface area contributed by atoms with Crippen molar-refractivity contribution in [3.8, 4) is 0 Å². The van der Waals surface area contributed by atoms with E-state index in [2.05, 4.69) is 30.9 Å². The van der Waals surface area contributed by atoms with Crippen molar-refractivity contribution in [3.63, 3.8) is 0 Å². The topological polar surface area (TPSA) is 29.3 Å². The summed E-state index contributed by atoms with van der Waals surface area (Å²) >= 11 is 6.35. The molecule has 92 valence electrons.